The van der Waals surface area contributed by atoms with Gasteiger partial charge in [0.1, 0.15) is 5.65 Å². The molecule has 1 aromatic carbocycles. The number of para-hydroxylation sites is 1. The second-order valence-corrected chi connectivity index (χ2v) is 3.45. The van der Waals surface area contributed by atoms with Gasteiger partial charge in [-0.3, -0.25) is 0 Å². The van der Waals surface area contributed by atoms with E-state index in [1.165, 1.54) is 16.3 Å². The molecule has 0 N–H and O–H groups in total. The van der Waals surface area contributed by atoms with E-state index in [1.807, 2.05) is 26.1 Å². The molecule has 0 saturated carbocycles. The molecule has 2 heterocycles. The number of hydrogen-bond acceptors (Lipinski definition) is 1. The van der Waals surface area contributed by atoms with Gasteiger partial charge in [0.2, 0.25) is 0 Å². The van der Waals surface area contributed by atoms with Gasteiger partial charge in [0, 0.05) is 24.0 Å². The average Bonchev–Trinajstić information content (AvgIpc) is 2.67. The maximum absolute atomic E-state index is 4.38. The molecular formula is C14H16N2. The first-order chi connectivity index (χ1) is 7.88. The maximum atomic E-state index is 4.38. The summed E-state index contributed by atoms with van der Waals surface area (Å²) in [7, 11) is 2.05. The van der Waals surface area contributed by atoms with Crippen LogP contribution < -0.4 is 0 Å². The molecule has 0 aliphatic heterocycles. The summed E-state index contributed by atoms with van der Waals surface area (Å²) in [6, 6.07) is 12.5. The maximum Gasteiger partial charge on any atom is 0.140 e. The molecule has 0 radical (unpaired) electrons. The smallest absolute Gasteiger partial charge is 0.140 e. The number of nitrogens with zero attached hydrogens (tertiary/aromatic N) is 2. The highest BCUT2D eigenvalue weighted by atomic mass is 15.0. The Hall–Kier alpha value is -1.83. The van der Waals surface area contributed by atoms with Gasteiger partial charge in [-0.1, -0.05) is 32.0 Å². The standard InChI is InChI=1S/C12H10N2.C2H6/c1-14-11-7-3-2-5-9(11)10-6-4-8-13-12(10)14;1-2/h2-8H,1H3;1-2H3. The predicted octanol–water partition coefficient (Wildman–Crippen LogP) is 3.75. The van der Waals surface area contributed by atoms with Gasteiger partial charge in [-0.05, 0) is 18.2 Å². The van der Waals surface area contributed by atoms with E-state index >= 15 is 0 Å². The SMILES string of the molecule is CC.Cn1c2ccccc2c2cccnc21. The summed E-state index contributed by atoms with van der Waals surface area (Å²) in [6.07, 6.45) is 1.83. The third-order valence-corrected chi connectivity index (χ3v) is 2.66. The molecule has 0 atom stereocenters. The van der Waals surface area contributed by atoms with Crippen LogP contribution in [0.1, 0.15) is 13.8 Å². The third-order valence-electron chi connectivity index (χ3n) is 2.66. The summed E-state index contributed by atoms with van der Waals surface area (Å²) in [5, 5.41) is 2.50. The normalized spacial score (nSPS) is 10.2. The van der Waals surface area contributed by atoms with Crippen LogP contribution in [0.25, 0.3) is 21.9 Å². The second-order valence-electron chi connectivity index (χ2n) is 3.45. The van der Waals surface area contributed by atoms with Crippen molar-refractivity contribution in [1.82, 2.24) is 9.55 Å². The Labute approximate surface area is 95.5 Å². The molecule has 2 nitrogen and oxygen atoms in total. The Morgan fingerprint density at radius 1 is 0.938 bits per heavy atom. The number of aromatic nitrogens is 2. The molecule has 0 aliphatic carbocycles. The molecule has 2 heteroatoms. The molecule has 0 bridgehead atoms. The van der Waals surface area contributed by atoms with Crippen LogP contribution in [0, 0.1) is 0 Å². The lowest BCUT2D eigenvalue weighted by atomic mass is 10.2. The minimum Gasteiger partial charge on any atom is -0.328 e. The summed E-state index contributed by atoms with van der Waals surface area (Å²) >= 11 is 0. The minimum atomic E-state index is 1.05. The van der Waals surface area contributed by atoms with Crippen LogP contribution in [0.3, 0.4) is 0 Å². The molecule has 0 unspecified atom stereocenters. The van der Waals surface area contributed by atoms with E-state index in [4.69, 9.17) is 0 Å². The Morgan fingerprint density at radius 2 is 1.62 bits per heavy atom. The number of aryl methyl sites for hydroxylation is 1. The predicted molar refractivity (Wildman–Crippen MR) is 69.6 cm³/mol. The van der Waals surface area contributed by atoms with Crippen molar-refractivity contribution in [3.8, 4) is 0 Å². The first-order valence-corrected chi connectivity index (χ1v) is 5.66. The summed E-state index contributed by atoms with van der Waals surface area (Å²) in [5.41, 5.74) is 2.29. The van der Waals surface area contributed by atoms with Crippen LogP contribution in [-0.2, 0) is 7.05 Å². The molecule has 0 amide bonds. The van der Waals surface area contributed by atoms with Crippen molar-refractivity contribution in [3.05, 3.63) is 42.6 Å². The van der Waals surface area contributed by atoms with Gasteiger partial charge in [-0.2, -0.15) is 0 Å². The first-order valence-electron chi connectivity index (χ1n) is 5.66. The third kappa shape index (κ3) is 1.47. The largest absolute Gasteiger partial charge is 0.328 e. The molecule has 82 valence electrons. The zero-order chi connectivity index (χ0) is 11.5. The van der Waals surface area contributed by atoms with Crippen molar-refractivity contribution in [1.29, 1.82) is 0 Å². The lowest BCUT2D eigenvalue weighted by Crippen LogP contribution is -1.87. The quantitative estimate of drug-likeness (QED) is 0.555. The molecule has 0 fully saturated rings. The fraction of sp³-hybridized carbons (Fsp3) is 0.214. The van der Waals surface area contributed by atoms with Gasteiger partial charge in [-0.25, -0.2) is 4.98 Å². The van der Waals surface area contributed by atoms with Gasteiger partial charge in [0.15, 0.2) is 0 Å². The zero-order valence-corrected chi connectivity index (χ0v) is 9.94. The molecule has 0 spiro atoms. The fourth-order valence-electron chi connectivity index (χ4n) is 1.98. The van der Waals surface area contributed by atoms with Gasteiger partial charge < -0.3 is 4.57 Å². The molecular weight excluding hydrogens is 196 g/mol. The van der Waals surface area contributed by atoms with Gasteiger partial charge in [0.25, 0.3) is 0 Å². The highest BCUT2D eigenvalue weighted by molar-refractivity contribution is 6.06. The van der Waals surface area contributed by atoms with Gasteiger partial charge in [0.05, 0.1) is 5.52 Å². The first kappa shape index (κ1) is 10.7. The Balaban J connectivity index is 0.000000457. The summed E-state index contributed by atoms with van der Waals surface area (Å²) in [5.74, 6) is 0. The molecule has 0 saturated heterocycles. The summed E-state index contributed by atoms with van der Waals surface area (Å²) in [4.78, 5) is 4.38. The van der Waals surface area contributed by atoms with E-state index in [-0.39, 0.29) is 0 Å². The van der Waals surface area contributed by atoms with Crippen LogP contribution in [0.15, 0.2) is 42.6 Å². The lowest BCUT2D eigenvalue weighted by molar-refractivity contribution is 0.990. The number of fused-ring (bicyclic) bond motifs is 3. The van der Waals surface area contributed by atoms with Crippen molar-refractivity contribution < 1.29 is 0 Å². The Morgan fingerprint density at radius 3 is 2.44 bits per heavy atom. The fourth-order valence-corrected chi connectivity index (χ4v) is 1.98. The van der Waals surface area contributed by atoms with Crippen LogP contribution in [0.5, 0.6) is 0 Å². The van der Waals surface area contributed by atoms with Crippen molar-refractivity contribution in [2.75, 3.05) is 0 Å². The van der Waals surface area contributed by atoms with Crippen LogP contribution in [0.2, 0.25) is 0 Å². The summed E-state index contributed by atoms with van der Waals surface area (Å²) in [6.45, 7) is 4.00. The number of rotatable bonds is 0. The van der Waals surface area contributed by atoms with E-state index < -0.39 is 0 Å². The Bertz CT molecular complexity index is 555. The molecule has 3 rings (SSSR count). The van der Waals surface area contributed by atoms with Crippen molar-refractivity contribution in [2.24, 2.45) is 7.05 Å². The number of hydrogen-bond donors (Lipinski definition) is 0. The van der Waals surface area contributed by atoms with Crippen molar-refractivity contribution in [2.45, 2.75) is 13.8 Å². The number of pyridine rings is 1. The average molecular weight is 212 g/mol. The second kappa shape index (κ2) is 4.35. The highest BCUT2D eigenvalue weighted by Crippen LogP contribution is 2.25. The highest BCUT2D eigenvalue weighted by Gasteiger charge is 2.06. The van der Waals surface area contributed by atoms with Gasteiger partial charge >= 0.3 is 0 Å². The van der Waals surface area contributed by atoms with E-state index in [0.717, 1.165) is 5.65 Å². The summed E-state index contributed by atoms with van der Waals surface area (Å²) < 4.78 is 2.13. The van der Waals surface area contributed by atoms with Crippen molar-refractivity contribution in [3.63, 3.8) is 0 Å². The molecule has 16 heavy (non-hydrogen) atoms. The van der Waals surface area contributed by atoms with Crippen molar-refractivity contribution >= 4 is 21.9 Å². The topological polar surface area (TPSA) is 17.8 Å². The van der Waals surface area contributed by atoms with E-state index in [9.17, 15) is 0 Å². The minimum absolute atomic E-state index is 1.05. The lowest BCUT2D eigenvalue weighted by Gasteiger charge is -1.94. The zero-order valence-electron chi connectivity index (χ0n) is 9.94. The molecule has 2 aromatic heterocycles. The Kier molecular flexibility index (Phi) is 2.91. The van der Waals surface area contributed by atoms with E-state index in [0.29, 0.717) is 0 Å². The van der Waals surface area contributed by atoms with Gasteiger partial charge in [-0.15, -0.1) is 0 Å². The van der Waals surface area contributed by atoms with Crippen LogP contribution in [-0.4, -0.2) is 9.55 Å². The number of benzene rings is 1. The van der Waals surface area contributed by atoms with Crippen LogP contribution in [0.4, 0.5) is 0 Å². The van der Waals surface area contributed by atoms with Crippen LogP contribution >= 0.6 is 0 Å². The molecule has 0 aliphatic rings. The van der Waals surface area contributed by atoms with E-state index in [1.54, 1.807) is 0 Å². The van der Waals surface area contributed by atoms with E-state index in [2.05, 4.69) is 46.9 Å². The molecule has 3 aromatic rings. The monoisotopic (exact) mass is 212 g/mol.